The third-order valence-electron chi connectivity index (χ3n) is 3.41. The zero-order chi connectivity index (χ0) is 16.2. The van der Waals surface area contributed by atoms with Crippen LogP contribution < -0.4 is 5.32 Å². The van der Waals surface area contributed by atoms with Crippen molar-refractivity contribution in [2.75, 3.05) is 5.32 Å². The maximum atomic E-state index is 4.52. The zero-order valence-corrected chi connectivity index (χ0v) is 13.4. The molecule has 0 fully saturated rings. The van der Waals surface area contributed by atoms with Gasteiger partial charge in [-0.15, -0.1) is 5.10 Å². The molecule has 0 unspecified atom stereocenters. The van der Waals surface area contributed by atoms with E-state index in [0.717, 1.165) is 28.2 Å². The first-order chi connectivity index (χ1) is 11.1. The molecule has 6 nitrogen and oxygen atoms in total. The predicted octanol–water partition coefficient (Wildman–Crippen LogP) is 2.87. The maximum Gasteiger partial charge on any atom is 0.243 e. The Hall–Kier alpha value is -2.89. The number of benzene rings is 1. The molecule has 6 heteroatoms. The summed E-state index contributed by atoms with van der Waals surface area (Å²) in [4.78, 5) is 13.3. The van der Waals surface area contributed by atoms with Crippen molar-refractivity contribution in [3.05, 3.63) is 59.3 Å². The molecule has 0 amide bonds. The number of aromatic nitrogens is 5. The summed E-state index contributed by atoms with van der Waals surface area (Å²) in [6.45, 7) is 6.42. The first-order valence-electron chi connectivity index (χ1n) is 7.42. The third kappa shape index (κ3) is 3.66. The van der Waals surface area contributed by atoms with Gasteiger partial charge in [0, 0.05) is 17.0 Å². The molecule has 3 rings (SSSR count). The number of rotatable bonds is 4. The molecular formula is C17H18N6. The molecule has 0 saturated carbocycles. The molecule has 2 aromatic heterocycles. The van der Waals surface area contributed by atoms with E-state index >= 15 is 0 Å². The van der Waals surface area contributed by atoms with Gasteiger partial charge in [-0.1, -0.05) is 24.3 Å². The molecular weight excluding hydrogens is 288 g/mol. The van der Waals surface area contributed by atoms with Crippen molar-refractivity contribution < 1.29 is 0 Å². The summed E-state index contributed by atoms with van der Waals surface area (Å²) in [5, 5.41) is 11.2. The number of hydrogen-bond acceptors (Lipinski definition) is 6. The van der Waals surface area contributed by atoms with E-state index in [4.69, 9.17) is 0 Å². The molecule has 2 heterocycles. The molecule has 0 radical (unpaired) electrons. The molecule has 0 aliphatic carbocycles. The fourth-order valence-corrected chi connectivity index (χ4v) is 2.40. The normalized spacial score (nSPS) is 10.6. The second-order valence-electron chi connectivity index (χ2n) is 5.40. The van der Waals surface area contributed by atoms with Gasteiger partial charge in [-0.3, -0.25) is 0 Å². The minimum atomic E-state index is 0.460. The van der Waals surface area contributed by atoms with Gasteiger partial charge in [-0.05, 0) is 32.4 Å². The molecule has 0 bridgehead atoms. The van der Waals surface area contributed by atoms with Crippen molar-refractivity contribution in [2.24, 2.45) is 0 Å². The van der Waals surface area contributed by atoms with Crippen LogP contribution in [0.3, 0.4) is 0 Å². The highest BCUT2D eigenvalue weighted by molar-refractivity contribution is 5.63. The SMILES string of the molecule is Cc1cc(C)nc(CNc2nncc(-c3ccccc3C)n2)n1. The highest BCUT2D eigenvalue weighted by Gasteiger charge is 2.06. The monoisotopic (exact) mass is 306 g/mol. The van der Waals surface area contributed by atoms with Gasteiger partial charge < -0.3 is 5.32 Å². The van der Waals surface area contributed by atoms with Crippen molar-refractivity contribution in [3.8, 4) is 11.3 Å². The van der Waals surface area contributed by atoms with E-state index in [1.165, 1.54) is 0 Å². The lowest BCUT2D eigenvalue weighted by Crippen LogP contribution is -2.09. The van der Waals surface area contributed by atoms with Gasteiger partial charge in [0.1, 0.15) is 5.82 Å². The number of nitrogens with one attached hydrogen (secondary N) is 1. The van der Waals surface area contributed by atoms with E-state index < -0.39 is 0 Å². The van der Waals surface area contributed by atoms with Crippen LogP contribution in [0.15, 0.2) is 36.5 Å². The molecule has 116 valence electrons. The lowest BCUT2D eigenvalue weighted by atomic mass is 10.1. The standard InChI is InChI=1S/C17H18N6/c1-11-6-4-5-7-14(11)15-9-19-23-17(22-15)18-10-16-20-12(2)8-13(3)21-16/h4-9H,10H2,1-3H3,(H,18,22,23). The molecule has 23 heavy (non-hydrogen) atoms. The van der Waals surface area contributed by atoms with Crippen LogP contribution in [-0.4, -0.2) is 25.1 Å². The molecule has 3 aromatic rings. The Morgan fingerprint density at radius 3 is 2.43 bits per heavy atom. The Labute approximate surface area is 135 Å². The second kappa shape index (κ2) is 6.48. The van der Waals surface area contributed by atoms with Crippen molar-refractivity contribution in [3.63, 3.8) is 0 Å². The predicted molar refractivity (Wildman–Crippen MR) is 88.8 cm³/mol. The first-order valence-corrected chi connectivity index (χ1v) is 7.42. The molecule has 0 aliphatic heterocycles. The van der Waals surface area contributed by atoms with Crippen molar-refractivity contribution in [1.82, 2.24) is 25.1 Å². The lowest BCUT2D eigenvalue weighted by molar-refractivity contribution is 0.876. The van der Waals surface area contributed by atoms with Crippen molar-refractivity contribution in [2.45, 2.75) is 27.3 Å². The Bertz CT molecular complexity index is 811. The zero-order valence-electron chi connectivity index (χ0n) is 13.4. The van der Waals surface area contributed by atoms with Crippen LogP contribution in [0, 0.1) is 20.8 Å². The van der Waals surface area contributed by atoms with Gasteiger partial charge >= 0.3 is 0 Å². The van der Waals surface area contributed by atoms with E-state index in [2.05, 4.69) is 30.5 Å². The Morgan fingerprint density at radius 1 is 0.957 bits per heavy atom. The minimum Gasteiger partial charge on any atom is -0.346 e. The first kappa shape index (κ1) is 15.0. The van der Waals surface area contributed by atoms with Crippen LogP contribution in [0.2, 0.25) is 0 Å². The van der Waals surface area contributed by atoms with Gasteiger partial charge in [-0.2, -0.15) is 5.10 Å². The minimum absolute atomic E-state index is 0.460. The van der Waals surface area contributed by atoms with Crippen LogP contribution in [-0.2, 0) is 6.54 Å². The largest absolute Gasteiger partial charge is 0.346 e. The van der Waals surface area contributed by atoms with Gasteiger partial charge in [-0.25, -0.2) is 15.0 Å². The van der Waals surface area contributed by atoms with Crippen LogP contribution in [0.25, 0.3) is 11.3 Å². The highest BCUT2D eigenvalue weighted by atomic mass is 15.2. The van der Waals surface area contributed by atoms with Crippen LogP contribution in [0.4, 0.5) is 5.95 Å². The smallest absolute Gasteiger partial charge is 0.243 e. The van der Waals surface area contributed by atoms with Gasteiger partial charge in [0.2, 0.25) is 5.95 Å². The number of aryl methyl sites for hydroxylation is 3. The number of nitrogens with zero attached hydrogens (tertiary/aromatic N) is 5. The lowest BCUT2D eigenvalue weighted by Gasteiger charge is -2.07. The maximum absolute atomic E-state index is 4.52. The third-order valence-corrected chi connectivity index (χ3v) is 3.41. The van der Waals surface area contributed by atoms with Crippen LogP contribution >= 0.6 is 0 Å². The summed E-state index contributed by atoms with van der Waals surface area (Å²) in [6.07, 6.45) is 1.67. The van der Waals surface area contributed by atoms with Gasteiger partial charge in [0.05, 0.1) is 18.4 Å². The fourth-order valence-electron chi connectivity index (χ4n) is 2.40. The summed E-state index contributed by atoms with van der Waals surface area (Å²) in [5.74, 6) is 1.18. The topological polar surface area (TPSA) is 76.5 Å². The van der Waals surface area contributed by atoms with Crippen molar-refractivity contribution >= 4 is 5.95 Å². The van der Waals surface area contributed by atoms with E-state index in [9.17, 15) is 0 Å². The molecule has 0 aliphatic rings. The van der Waals surface area contributed by atoms with Crippen LogP contribution in [0.5, 0.6) is 0 Å². The molecule has 1 N–H and O–H groups in total. The van der Waals surface area contributed by atoms with Gasteiger partial charge in [0.25, 0.3) is 0 Å². The number of anilines is 1. The summed E-state index contributed by atoms with van der Waals surface area (Å²) < 4.78 is 0. The quantitative estimate of drug-likeness (QED) is 0.798. The van der Waals surface area contributed by atoms with E-state index in [-0.39, 0.29) is 0 Å². The van der Waals surface area contributed by atoms with Gasteiger partial charge in [0.15, 0.2) is 0 Å². The summed E-state index contributed by atoms with van der Waals surface area (Å²) in [5.41, 5.74) is 4.88. The summed E-state index contributed by atoms with van der Waals surface area (Å²) in [6, 6.07) is 10.0. The molecule has 0 saturated heterocycles. The number of hydrogen-bond donors (Lipinski definition) is 1. The Morgan fingerprint density at radius 2 is 1.70 bits per heavy atom. The van der Waals surface area contributed by atoms with E-state index in [0.29, 0.717) is 18.3 Å². The average Bonchev–Trinajstić information content (AvgIpc) is 2.53. The summed E-state index contributed by atoms with van der Waals surface area (Å²) >= 11 is 0. The molecule has 0 atom stereocenters. The molecule has 1 aromatic carbocycles. The van der Waals surface area contributed by atoms with Crippen LogP contribution in [0.1, 0.15) is 22.8 Å². The highest BCUT2D eigenvalue weighted by Crippen LogP contribution is 2.20. The van der Waals surface area contributed by atoms with E-state index in [1.54, 1.807) is 6.20 Å². The Balaban J connectivity index is 1.79. The Kier molecular flexibility index (Phi) is 4.23. The second-order valence-corrected chi connectivity index (χ2v) is 5.40. The average molecular weight is 306 g/mol. The van der Waals surface area contributed by atoms with Crippen molar-refractivity contribution in [1.29, 1.82) is 0 Å². The fraction of sp³-hybridized carbons (Fsp3) is 0.235. The molecule has 0 spiro atoms. The van der Waals surface area contributed by atoms with E-state index in [1.807, 2.05) is 51.1 Å². The summed E-state index contributed by atoms with van der Waals surface area (Å²) in [7, 11) is 0.